The van der Waals surface area contributed by atoms with Gasteiger partial charge in [0.25, 0.3) is 0 Å². The Morgan fingerprint density at radius 1 is 1.20 bits per heavy atom. The van der Waals surface area contributed by atoms with Crippen LogP contribution in [0.25, 0.3) is 26.8 Å². The highest BCUT2D eigenvalue weighted by Gasteiger charge is 2.28. The van der Waals surface area contributed by atoms with E-state index in [4.69, 9.17) is 14.7 Å². The maximum atomic E-state index is 12.4. The zero-order valence-electron chi connectivity index (χ0n) is 17.0. The minimum Gasteiger partial charge on any atom is -0.444 e. The summed E-state index contributed by atoms with van der Waals surface area (Å²) in [4.78, 5) is 24.9. The molecule has 4 aromatic rings. The van der Waals surface area contributed by atoms with Crippen molar-refractivity contribution in [1.29, 1.82) is 0 Å². The maximum Gasteiger partial charge on any atom is 0.410 e. The predicted octanol–water partition coefficient (Wildman–Crippen LogP) is 4.87. The predicted molar refractivity (Wildman–Crippen MR) is 118 cm³/mol. The third kappa shape index (κ3) is 3.59. The minimum absolute atomic E-state index is 0.271. The Bertz CT molecular complexity index is 1230. The number of nitrogens with zero attached hydrogens (tertiary/aromatic N) is 5. The van der Waals surface area contributed by atoms with Crippen LogP contribution in [-0.2, 0) is 17.7 Å². The summed E-state index contributed by atoms with van der Waals surface area (Å²) in [6.45, 7) is 6.81. The van der Waals surface area contributed by atoms with E-state index in [0.717, 1.165) is 43.8 Å². The Morgan fingerprint density at radius 3 is 2.90 bits per heavy atom. The molecule has 9 heteroatoms. The molecular formula is C21H21N5O2S2. The van der Waals surface area contributed by atoms with Gasteiger partial charge in [-0.2, -0.15) is 5.10 Å². The first kappa shape index (κ1) is 19.2. The molecule has 0 saturated carbocycles. The number of hydrogen-bond donors (Lipinski definition) is 0. The van der Waals surface area contributed by atoms with E-state index in [2.05, 4.69) is 5.10 Å². The van der Waals surface area contributed by atoms with Crippen molar-refractivity contribution in [2.24, 2.45) is 0 Å². The molecule has 30 heavy (non-hydrogen) atoms. The van der Waals surface area contributed by atoms with E-state index in [-0.39, 0.29) is 6.09 Å². The van der Waals surface area contributed by atoms with E-state index in [9.17, 15) is 4.79 Å². The molecule has 5 rings (SSSR count). The Hall–Kier alpha value is -2.78. The molecule has 0 radical (unpaired) electrons. The van der Waals surface area contributed by atoms with Crippen LogP contribution in [0.1, 0.15) is 31.3 Å². The van der Waals surface area contributed by atoms with Gasteiger partial charge in [0, 0.05) is 29.4 Å². The molecule has 0 N–H and O–H groups in total. The highest BCUT2D eigenvalue weighted by atomic mass is 32.1. The standard InChI is InChI=1S/C21H21N5O2S2/c1-21(2,3)28-20(27)25-9-7-14-17(11-25)30-19(23-14)15-12-29-18(24-15)13-10-22-26-8-5-4-6-16(13)26/h4-6,8,10,12H,7,9,11H2,1-3H3. The van der Waals surface area contributed by atoms with Crippen LogP contribution in [0.3, 0.4) is 0 Å². The molecule has 1 amide bonds. The number of pyridine rings is 1. The van der Waals surface area contributed by atoms with Gasteiger partial charge in [0.2, 0.25) is 0 Å². The van der Waals surface area contributed by atoms with Gasteiger partial charge in [-0.15, -0.1) is 22.7 Å². The molecule has 0 atom stereocenters. The molecule has 7 nitrogen and oxygen atoms in total. The fraction of sp³-hybridized carbons (Fsp3) is 0.333. The molecule has 0 aromatic carbocycles. The summed E-state index contributed by atoms with van der Waals surface area (Å²) in [5.41, 5.74) is 3.48. The number of carbonyl (C=O) groups excluding carboxylic acids is 1. The highest BCUT2D eigenvalue weighted by Crippen LogP contribution is 2.35. The first-order chi connectivity index (χ1) is 14.4. The fourth-order valence-electron chi connectivity index (χ4n) is 3.38. The van der Waals surface area contributed by atoms with Crippen molar-refractivity contribution in [3.63, 3.8) is 0 Å². The highest BCUT2D eigenvalue weighted by molar-refractivity contribution is 7.16. The number of amides is 1. The topological polar surface area (TPSA) is 72.6 Å². The van der Waals surface area contributed by atoms with E-state index in [1.807, 2.05) is 61.3 Å². The molecule has 154 valence electrons. The second-order valence-corrected chi connectivity index (χ2v) is 10.1. The number of ether oxygens (including phenoxy) is 1. The summed E-state index contributed by atoms with van der Waals surface area (Å²) in [5, 5.41) is 8.26. The van der Waals surface area contributed by atoms with Gasteiger partial charge in [0.05, 0.1) is 29.5 Å². The number of aromatic nitrogens is 4. The van der Waals surface area contributed by atoms with Crippen LogP contribution in [0.15, 0.2) is 36.0 Å². The van der Waals surface area contributed by atoms with Crippen LogP contribution in [0, 0.1) is 0 Å². The van der Waals surface area contributed by atoms with E-state index >= 15 is 0 Å². The van der Waals surface area contributed by atoms with Crippen LogP contribution in [0.4, 0.5) is 4.79 Å². The molecule has 0 unspecified atom stereocenters. The second-order valence-electron chi connectivity index (χ2n) is 8.17. The van der Waals surface area contributed by atoms with E-state index in [0.29, 0.717) is 13.1 Å². The summed E-state index contributed by atoms with van der Waals surface area (Å²) >= 11 is 3.20. The molecule has 4 aromatic heterocycles. The Kier molecular flexibility index (Phi) is 4.59. The summed E-state index contributed by atoms with van der Waals surface area (Å²) in [5.74, 6) is 0. The number of hydrogen-bond acceptors (Lipinski definition) is 7. The average molecular weight is 440 g/mol. The molecule has 0 bridgehead atoms. The lowest BCUT2D eigenvalue weighted by atomic mass is 10.2. The van der Waals surface area contributed by atoms with Crippen LogP contribution >= 0.6 is 22.7 Å². The molecule has 0 aliphatic carbocycles. The van der Waals surface area contributed by atoms with Gasteiger partial charge in [0.15, 0.2) is 0 Å². The summed E-state index contributed by atoms with van der Waals surface area (Å²) in [6, 6.07) is 5.99. The van der Waals surface area contributed by atoms with E-state index in [1.165, 1.54) is 0 Å². The zero-order chi connectivity index (χ0) is 20.9. The van der Waals surface area contributed by atoms with Gasteiger partial charge in [-0.25, -0.2) is 19.3 Å². The number of fused-ring (bicyclic) bond motifs is 2. The van der Waals surface area contributed by atoms with E-state index < -0.39 is 5.60 Å². The quantitative estimate of drug-likeness (QED) is 0.445. The fourth-order valence-corrected chi connectivity index (χ4v) is 5.36. The molecule has 1 aliphatic rings. The first-order valence-corrected chi connectivity index (χ1v) is 11.4. The van der Waals surface area contributed by atoms with Crippen molar-refractivity contribution in [2.45, 2.75) is 39.3 Å². The van der Waals surface area contributed by atoms with Gasteiger partial charge in [0.1, 0.15) is 21.3 Å². The SMILES string of the molecule is CC(C)(C)OC(=O)N1CCc2nc(-c3csc(-c4cnn5ccccc45)n3)sc2C1. The molecule has 0 spiro atoms. The smallest absolute Gasteiger partial charge is 0.410 e. The van der Waals surface area contributed by atoms with Crippen molar-refractivity contribution >= 4 is 34.3 Å². The number of rotatable bonds is 2. The molecule has 5 heterocycles. The van der Waals surface area contributed by atoms with Crippen molar-refractivity contribution < 1.29 is 9.53 Å². The van der Waals surface area contributed by atoms with Gasteiger partial charge in [-0.3, -0.25) is 0 Å². The largest absolute Gasteiger partial charge is 0.444 e. The summed E-state index contributed by atoms with van der Waals surface area (Å²) < 4.78 is 7.37. The van der Waals surface area contributed by atoms with Gasteiger partial charge < -0.3 is 9.64 Å². The third-order valence-electron chi connectivity index (χ3n) is 4.76. The van der Waals surface area contributed by atoms with Crippen LogP contribution in [0.5, 0.6) is 0 Å². The van der Waals surface area contributed by atoms with Crippen LogP contribution in [-0.4, -0.2) is 42.7 Å². The van der Waals surface area contributed by atoms with Gasteiger partial charge >= 0.3 is 6.09 Å². The second kappa shape index (κ2) is 7.17. The summed E-state index contributed by atoms with van der Waals surface area (Å²) in [7, 11) is 0. The molecule has 0 saturated heterocycles. The van der Waals surface area contributed by atoms with E-state index in [1.54, 1.807) is 27.6 Å². The first-order valence-electron chi connectivity index (χ1n) is 9.72. The van der Waals surface area contributed by atoms with Gasteiger partial charge in [-0.1, -0.05) is 6.07 Å². The lowest BCUT2D eigenvalue weighted by Gasteiger charge is -2.29. The zero-order valence-corrected chi connectivity index (χ0v) is 18.6. The lowest BCUT2D eigenvalue weighted by Crippen LogP contribution is -2.39. The monoisotopic (exact) mass is 439 g/mol. The normalized spacial score (nSPS) is 14.2. The van der Waals surface area contributed by atoms with Crippen LogP contribution < -0.4 is 0 Å². The Labute approximate surface area is 182 Å². The third-order valence-corrected chi connectivity index (χ3v) is 6.74. The average Bonchev–Trinajstić information content (AvgIpc) is 3.42. The van der Waals surface area contributed by atoms with Crippen molar-refractivity contribution in [3.8, 4) is 21.3 Å². The molecule has 1 aliphatic heterocycles. The number of thiazole rings is 2. The van der Waals surface area contributed by atoms with Gasteiger partial charge in [-0.05, 0) is 32.9 Å². The van der Waals surface area contributed by atoms with Crippen molar-refractivity contribution in [2.75, 3.05) is 6.54 Å². The number of carbonyl (C=O) groups is 1. The molecular weight excluding hydrogens is 418 g/mol. The minimum atomic E-state index is -0.495. The van der Waals surface area contributed by atoms with Crippen molar-refractivity contribution in [1.82, 2.24) is 24.5 Å². The van der Waals surface area contributed by atoms with Crippen molar-refractivity contribution in [3.05, 3.63) is 46.5 Å². The Balaban J connectivity index is 1.38. The summed E-state index contributed by atoms with van der Waals surface area (Å²) in [6.07, 6.45) is 4.24. The maximum absolute atomic E-state index is 12.4. The lowest BCUT2D eigenvalue weighted by molar-refractivity contribution is 0.0225. The molecule has 0 fully saturated rings. The van der Waals surface area contributed by atoms with Crippen LogP contribution in [0.2, 0.25) is 0 Å². The Morgan fingerprint density at radius 2 is 2.07 bits per heavy atom.